The Morgan fingerprint density at radius 1 is 1.22 bits per heavy atom. The van der Waals surface area contributed by atoms with Crippen molar-refractivity contribution in [3.8, 4) is 0 Å². The number of halogens is 3. The van der Waals surface area contributed by atoms with E-state index in [9.17, 15) is 18.0 Å². The number of carbonyl (C=O) groups is 1. The Morgan fingerprint density at radius 2 is 1.91 bits per heavy atom. The van der Waals surface area contributed by atoms with E-state index in [1.54, 1.807) is 24.3 Å². The molecule has 1 saturated heterocycles. The summed E-state index contributed by atoms with van der Waals surface area (Å²) in [6.45, 7) is 1.99. The highest BCUT2D eigenvalue weighted by Crippen LogP contribution is 2.25. The van der Waals surface area contributed by atoms with Crippen LogP contribution in [0.4, 0.5) is 18.9 Å². The highest BCUT2D eigenvalue weighted by atomic mass is 19.4. The van der Waals surface area contributed by atoms with Crippen molar-refractivity contribution in [1.82, 2.24) is 5.32 Å². The van der Waals surface area contributed by atoms with Crippen LogP contribution >= 0.6 is 0 Å². The average Bonchev–Trinajstić information content (AvgIpc) is 2.52. The van der Waals surface area contributed by atoms with E-state index in [-0.39, 0.29) is 12.3 Å². The van der Waals surface area contributed by atoms with Crippen LogP contribution < -0.4 is 10.6 Å². The van der Waals surface area contributed by atoms with Crippen LogP contribution in [0.15, 0.2) is 24.3 Å². The van der Waals surface area contributed by atoms with Gasteiger partial charge < -0.3 is 10.6 Å². The summed E-state index contributed by atoms with van der Waals surface area (Å²) in [7, 11) is 0. The molecule has 1 aliphatic heterocycles. The first kappa shape index (κ1) is 17.8. The van der Waals surface area contributed by atoms with Crippen molar-refractivity contribution in [3.05, 3.63) is 29.8 Å². The lowest BCUT2D eigenvalue weighted by molar-refractivity contribution is -0.133. The topological polar surface area (TPSA) is 41.1 Å². The molecule has 1 aromatic rings. The summed E-state index contributed by atoms with van der Waals surface area (Å²) in [6, 6.07) is 6.71. The second-order valence-corrected chi connectivity index (χ2v) is 6.05. The molecular weight excluding hydrogens is 305 g/mol. The molecule has 1 aromatic carbocycles. The van der Waals surface area contributed by atoms with Gasteiger partial charge in [0.15, 0.2) is 0 Å². The molecule has 23 heavy (non-hydrogen) atoms. The number of nitrogens with one attached hydrogen (secondary N) is 2. The fraction of sp³-hybridized carbons (Fsp3) is 0.588. The van der Waals surface area contributed by atoms with Crippen LogP contribution in [0.3, 0.4) is 0 Å². The zero-order chi connectivity index (χ0) is 16.7. The molecule has 128 valence electrons. The maximum absolute atomic E-state index is 12.4. The van der Waals surface area contributed by atoms with Gasteiger partial charge in [-0.15, -0.1) is 0 Å². The van der Waals surface area contributed by atoms with Crippen molar-refractivity contribution >= 4 is 11.6 Å². The number of benzene rings is 1. The van der Waals surface area contributed by atoms with E-state index >= 15 is 0 Å². The second-order valence-electron chi connectivity index (χ2n) is 6.05. The minimum Gasteiger partial charge on any atom is -0.326 e. The molecule has 0 atom stereocenters. The third kappa shape index (κ3) is 6.60. The van der Waals surface area contributed by atoms with E-state index in [0.29, 0.717) is 23.6 Å². The number of anilines is 1. The van der Waals surface area contributed by atoms with Gasteiger partial charge in [0.1, 0.15) is 0 Å². The number of aryl methyl sites for hydroxylation is 1. The number of hydrogen-bond donors (Lipinski definition) is 2. The van der Waals surface area contributed by atoms with Crippen LogP contribution in [0.5, 0.6) is 0 Å². The number of amides is 1. The molecule has 0 bridgehead atoms. The summed E-state index contributed by atoms with van der Waals surface area (Å²) < 4.78 is 37.1. The zero-order valence-electron chi connectivity index (χ0n) is 13.1. The molecule has 6 heteroatoms. The molecule has 2 rings (SSSR count). The van der Waals surface area contributed by atoms with Crippen LogP contribution in [0.25, 0.3) is 0 Å². The van der Waals surface area contributed by atoms with Crippen LogP contribution in [0, 0.1) is 5.92 Å². The quantitative estimate of drug-likeness (QED) is 0.831. The molecule has 0 radical (unpaired) electrons. The summed E-state index contributed by atoms with van der Waals surface area (Å²) in [5.74, 6) is 0.436. The van der Waals surface area contributed by atoms with Gasteiger partial charge in [-0.05, 0) is 56.3 Å². The first-order valence-electron chi connectivity index (χ1n) is 8.09. The van der Waals surface area contributed by atoms with Gasteiger partial charge in [0.25, 0.3) is 0 Å². The van der Waals surface area contributed by atoms with E-state index in [0.717, 1.165) is 32.4 Å². The Balaban J connectivity index is 1.84. The summed E-state index contributed by atoms with van der Waals surface area (Å²) in [5, 5.41) is 6.05. The third-order valence-electron chi connectivity index (χ3n) is 4.21. The second kappa shape index (κ2) is 8.34. The van der Waals surface area contributed by atoms with Crippen LogP contribution in [-0.2, 0) is 11.2 Å². The predicted molar refractivity (Wildman–Crippen MR) is 84.3 cm³/mol. The summed E-state index contributed by atoms with van der Waals surface area (Å²) in [5.41, 5.74) is 1.02. The molecule has 3 nitrogen and oxygen atoms in total. The van der Waals surface area contributed by atoms with E-state index in [2.05, 4.69) is 10.6 Å². The van der Waals surface area contributed by atoms with Gasteiger partial charge in [-0.3, -0.25) is 4.79 Å². The van der Waals surface area contributed by atoms with Crippen molar-refractivity contribution in [1.29, 1.82) is 0 Å². The number of piperidine rings is 1. The standard InChI is InChI=1S/C17H23F3N2O/c18-17(19,20)10-7-14-3-1-2-4-15(14)22-16(23)6-5-13-8-11-21-12-9-13/h1-4,13,21H,5-12H2,(H,22,23). The van der Waals surface area contributed by atoms with Crippen molar-refractivity contribution in [2.45, 2.75) is 44.7 Å². The van der Waals surface area contributed by atoms with Crippen LogP contribution in [-0.4, -0.2) is 25.2 Å². The largest absolute Gasteiger partial charge is 0.389 e. The fourth-order valence-corrected chi connectivity index (χ4v) is 2.85. The highest BCUT2D eigenvalue weighted by molar-refractivity contribution is 5.91. The highest BCUT2D eigenvalue weighted by Gasteiger charge is 2.27. The lowest BCUT2D eigenvalue weighted by Crippen LogP contribution is -2.28. The SMILES string of the molecule is O=C(CCC1CCNCC1)Nc1ccccc1CCC(F)(F)F. The molecule has 1 heterocycles. The first-order valence-corrected chi connectivity index (χ1v) is 8.09. The van der Waals surface area contributed by atoms with Gasteiger partial charge in [-0.25, -0.2) is 0 Å². The maximum Gasteiger partial charge on any atom is 0.389 e. The lowest BCUT2D eigenvalue weighted by Gasteiger charge is -2.22. The van der Waals surface area contributed by atoms with Gasteiger partial charge >= 0.3 is 6.18 Å². The lowest BCUT2D eigenvalue weighted by atomic mass is 9.93. The Morgan fingerprint density at radius 3 is 2.61 bits per heavy atom. The minimum absolute atomic E-state index is 0.117. The number of carbonyl (C=O) groups excluding carboxylic acids is 1. The van der Waals surface area contributed by atoms with Gasteiger partial charge in [0, 0.05) is 18.5 Å². The molecule has 0 aromatic heterocycles. The smallest absolute Gasteiger partial charge is 0.326 e. The van der Waals surface area contributed by atoms with E-state index in [1.165, 1.54) is 0 Å². The summed E-state index contributed by atoms with van der Waals surface area (Å²) in [6.07, 6.45) is -1.78. The van der Waals surface area contributed by atoms with Gasteiger partial charge in [0.05, 0.1) is 0 Å². The van der Waals surface area contributed by atoms with Gasteiger partial charge in [-0.1, -0.05) is 18.2 Å². The Bertz CT molecular complexity index is 511. The van der Waals surface area contributed by atoms with Crippen molar-refractivity contribution in [2.24, 2.45) is 5.92 Å². The first-order chi connectivity index (χ1) is 10.9. The van der Waals surface area contributed by atoms with Crippen molar-refractivity contribution < 1.29 is 18.0 Å². The van der Waals surface area contributed by atoms with E-state index < -0.39 is 12.6 Å². The van der Waals surface area contributed by atoms with E-state index in [1.807, 2.05) is 0 Å². The molecule has 0 unspecified atom stereocenters. The van der Waals surface area contributed by atoms with Crippen molar-refractivity contribution in [2.75, 3.05) is 18.4 Å². The molecule has 0 spiro atoms. The molecule has 2 N–H and O–H groups in total. The molecule has 0 saturated carbocycles. The van der Waals surface area contributed by atoms with Crippen LogP contribution in [0.2, 0.25) is 0 Å². The zero-order valence-corrected chi connectivity index (χ0v) is 13.1. The molecule has 1 fully saturated rings. The van der Waals surface area contributed by atoms with E-state index in [4.69, 9.17) is 0 Å². The molecule has 1 amide bonds. The number of hydrogen-bond acceptors (Lipinski definition) is 2. The van der Waals surface area contributed by atoms with Crippen molar-refractivity contribution in [3.63, 3.8) is 0 Å². The average molecular weight is 328 g/mol. The molecule has 0 aliphatic carbocycles. The van der Waals surface area contributed by atoms with Gasteiger partial charge in [-0.2, -0.15) is 13.2 Å². The number of para-hydroxylation sites is 1. The Kier molecular flexibility index (Phi) is 6.45. The Labute approximate surface area is 134 Å². The molecular formula is C17H23F3N2O. The predicted octanol–water partition coefficient (Wildman–Crippen LogP) is 3.90. The minimum atomic E-state index is -4.19. The summed E-state index contributed by atoms with van der Waals surface area (Å²) >= 11 is 0. The maximum atomic E-state index is 12.4. The van der Waals surface area contributed by atoms with Crippen LogP contribution in [0.1, 0.15) is 37.7 Å². The monoisotopic (exact) mass is 328 g/mol. The normalized spacial score (nSPS) is 16.3. The van der Waals surface area contributed by atoms with Gasteiger partial charge in [0.2, 0.25) is 5.91 Å². The summed E-state index contributed by atoms with van der Waals surface area (Å²) in [4.78, 5) is 12.1. The third-order valence-corrected chi connectivity index (χ3v) is 4.21. The molecule has 1 aliphatic rings. The Hall–Kier alpha value is -1.56. The number of rotatable bonds is 6. The number of alkyl halides is 3. The fourth-order valence-electron chi connectivity index (χ4n) is 2.85.